The monoisotopic (exact) mass is 368 g/mol. The molecule has 0 bridgehead atoms. The fourth-order valence-electron chi connectivity index (χ4n) is 3.17. The maximum Gasteiger partial charge on any atom is 0.273 e. The minimum absolute atomic E-state index is 0.0959. The summed E-state index contributed by atoms with van der Waals surface area (Å²) < 4.78 is 10.7. The summed E-state index contributed by atoms with van der Waals surface area (Å²) in [6, 6.07) is 11.3. The van der Waals surface area contributed by atoms with E-state index in [4.69, 9.17) is 8.94 Å². The first-order valence-electron chi connectivity index (χ1n) is 8.92. The van der Waals surface area contributed by atoms with Crippen LogP contribution in [0.5, 0.6) is 0 Å². The summed E-state index contributed by atoms with van der Waals surface area (Å²) in [5.74, 6) is 1.45. The van der Waals surface area contributed by atoms with Gasteiger partial charge in [0, 0.05) is 24.1 Å². The molecule has 0 saturated heterocycles. The predicted molar refractivity (Wildman–Crippen MR) is 94.6 cm³/mol. The lowest BCUT2D eigenvalue weighted by molar-refractivity contribution is 0.0877. The van der Waals surface area contributed by atoms with Crippen LogP contribution in [0.1, 0.15) is 48.1 Å². The number of nitrogens with one attached hydrogen (secondary N) is 1. The van der Waals surface area contributed by atoms with Crippen molar-refractivity contribution in [2.75, 3.05) is 0 Å². The number of hydrogen-bond acceptors (Lipinski definition) is 7. The lowest BCUT2D eigenvalue weighted by atomic mass is 9.78. The summed E-state index contributed by atoms with van der Waals surface area (Å²) in [6.07, 6.45) is 1.56. The van der Waals surface area contributed by atoms with Crippen molar-refractivity contribution in [1.82, 2.24) is 20.7 Å². The Morgan fingerprint density at radius 2 is 2.07 bits per heavy atom. The molecule has 0 aliphatic heterocycles. The van der Waals surface area contributed by atoms with Crippen LogP contribution in [0.3, 0.4) is 0 Å². The standard InChI is InChI=1S/C19H20N4O4/c1-11(24)19-22-21-17(26-19)9-12-7-14(8-12)20-18(25)15-10-16(27-23-15)13-5-3-2-4-6-13/h2-6,10-12,14,24H,7-9H2,1H3,(H,20,25)/t11?,12-,14-. The Bertz CT molecular complexity index is 913. The van der Waals surface area contributed by atoms with E-state index in [2.05, 4.69) is 20.7 Å². The highest BCUT2D eigenvalue weighted by Crippen LogP contribution is 2.31. The van der Waals surface area contributed by atoms with Gasteiger partial charge in [0.05, 0.1) is 0 Å². The van der Waals surface area contributed by atoms with Crippen LogP contribution in [0.25, 0.3) is 11.3 Å². The quantitative estimate of drug-likeness (QED) is 0.687. The average Bonchev–Trinajstić information content (AvgIpc) is 3.30. The van der Waals surface area contributed by atoms with Gasteiger partial charge in [0.15, 0.2) is 11.5 Å². The van der Waals surface area contributed by atoms with Crippen LogP contribution >= 0.6 is 0 Å². The van der Waals surface area contributed by atoms with Crippen LogP contribution in [0, 0.1) is 5.92 Å². The first-order chi connectivity index (χ1) is 13.1. The summed E-state index contributed by atoms with van der Waals surface area (Å²) >= 11 is 0. The Labute approximate surface area is 155 Å². The van der Waals surface area contributed by atoms with Crippen LogP contribution in [-0.2, 0) is 6.42 Å². The smallest absolute Gasteiger partial charge is 0.273 e. The molecule has 1 aromatic carbocycles. The topological polar surface area (TPSA) is 114 Å². The number of aliphatic hydroxyl groups is 1. The first kappa shape index (κ1) is 17.4. The third kappa shape index (κ3) is 3.90. The van der Waals surface area contributed by atoms with Gasteiger partial charge in [-0.15, -0.1) is 10.2 Å². The summed E-state index contributed by atoms with van der Waals surface area (Å²) in [6.45, 7) is 1.58. The van der Waals surface area contributed by atoms with E-state index in [-0.39, 0.29) is 23.5 Å². The third-order valence-corrected chi connectivity index (χ3v) is 4.68. The Morgan fingerprint density at radius 3 is 2.78 bits per heavy atom. The second kappa shape index (κ2) is 7.32. The summed E-state index contributed by atoms with van der Waals surface area (Å²) in [7, 11) is 0. The van der Waals surface area contributed by atoms with E-state index >= 15 is 0 Å². The third-order valence-electron chi connectivity index (χ3n) is 4.68. The van der Waals surface area contributed by atoms with E-state index in [0.717, 1.165) is 18.4 Å². The number of carbonyl (C=O) groups excluding carboxylic acids is 1. The molecule has 8 nitrogen and oxygen atoms in total. The SMILES string of the molecule is CC(O)c1nnc(C[C@H]2C[C@H](NC(=O)c3cc(-c4ccccc4)on3)C2)o1. The second-order valence-electron chi connectivity index (χ2n) is 6.86. The van der Waals surface area contributed by atoms with Gasteiger partial charge in [-0.25, -0.2) is 0 Å². The highest BCUT2D eigenvalue weighted by molar-refractivity contribution is 5.93. The molecule has 1 fully saturated rings. The summed E-state index contributed by atoms with van der Waals surface area (Å²) in [5, 5.41) is 24.0. The first-order valence-corrected chi connectivity index (χ1v) is 8.92. The van der Waals surface area contributed by atoms with E-state index < -0.39 is 6.10 Å². The van der Waals surface area contributed by atoms with Crippen molar-refractivity contribution in [2.45, 2.75) is 38.3 Å². The highest BCUT2D eigenvalue weighted by atomic mass is 16.5. The fraction of sp³-hybridized carbons (Fsp3) is 0.368. The summed E-state index contributed by atoms with van der Waals surface area (Å²) in [4.78, 5) is 12.3. The zero-order valence-electron chi connectivity index (χ0n) is 14.8. The van der Waals surface area contributed by atoms with Gasteiger partial charge in [0.1, 0.15) is 6.10 Å². The molecule has 2 N–H and O–H groups in total. The van der Waals surface area contributed by atoms with Crippen molar-refractivity contribution in [1.29, 1.82) is 0 Å². The van der Waals surface area contributed by atoms with E-state index in [1.54, 1.807) is 13.0 Å². The minimum Gasteiger partial charge on any atom is -0.422 e. The molecule has 1 aliphatic rings. The number of nitrogens with zero attached hydrogens (tertiary/aromatic N) is 3. The Kier molecular flexibility index (Phi) is 4.72. The van der Waals surface area contributed by atoms with Crippen molar-refractivity contribution >= 4 is 5.91 Å². The molecular weight excluding hydrogens is 348 g/mol. The van der Waals surface area contributed by atoms with Gasteiger partial charge in [0.25, 0.3) is 5.91 Å². The van der Waals surface area contributed by atoms with Gasteiger partial charge in [-0.3, -0.25) is 4.79 Å². The molecule has 27 heavy (non-hydrogen) atoms. The van der Waals surface area contributed by atoms with E-state index in [1.807, 2.05) is 30.3 Å². The Balaban J connectivity index is 1.27. The van der Waals surface area contributed by atoms with Crippen LogP contribution in [-0.4, -0.2) is 32.4 Å². The number of amides is 1. The molecule has 2 aromatic heterocycles. The molecule has 0 radical (unpaired) electrons. The van der Waals surface area contributed by atoms with Crippen molar-refractivity contribution in [3.63, 3.8) is 0 Å². The molecule has 1 amide bonds. The lowest BCUT2D eigenvalue weighted by Crippen LogP contribution is -2.45. The highest BCUT2D eigenvalue weighted by Gasteiger charge is 2.32. The zero-order valence-corrected chi connectivity index (χ0v) is 14.8. The van der Waals surface area contributed by atoms with Crippen LogP contribution in [0.15, 0.2) is 45.3 Å². The van der Waals surface area contributed by atoms with Crippen molar-refractivity contribution < 1.29 is 18.8 Å². The van der Waals surface area contributed by atoms with Crippen LogP contribution < -0.4 is 5.32 Å². The number of hydrogen-bond donors (Lipinski definition) is 2. The van der Waals surface area contributed by atoms with Crippen molar-refractivity contribution in [3.8, 4) is 11.3 Å². The maximum absolute atomic E-state index is 12.3. The average molecular weight is 368 g/mol. The Morgan fingerprint density at radius 1 is 1.30 bits per heavy atom. The fourth-order valence-corrected chi connectivity index (χ4v) is 3.17. The second-order valence-corrected chi connectivity index (χ2v) is 6.86. The van der Waals surface area contributed by atoms with Gasteiger partial charge in [-0.05, 0) is 25.7 Å². The molecule has 2 heterocycles. The van der Waals surface area contributed by atoms with Gasteiger partial charge in [-0.2, -0.15) is 0 Å². The van der Waals surface area contributed by atoms with Gasteiger partial charge >= 0.3 is 0 Å². The van der Waals surface area contributed by atoms with Gasteiger partial charge < -0.3 is 19.4 Å². The molecule has 1 atom stereocenters. The van der Waals surface area contributed by atoms with Gasteiger partial charge in [0.2, 0.25) is 11.8 Å². The largest absolute Gasteiger partial charge is 0.422 e. The molecule has 1 aliphatic carbocycles. The maximum atomic E-state index is 12.3. The molecule has 0 spiro atoms. The molecule has 140 valence electrons. The minimum atomic E-state index is -0.761. The van der Waals surface area contributed by atoms with Crippen LogP contribution in [0.4, 0.5) is 0 Å². The number of aliphatic hydroxyl groups excluding tert-OH is 1. The Hall–Kier alpha value is -3.00. The number of aromatic nitrogens is 3. The van der Waals surface area contributed by atoms with Gasteiger partial charge in [-0.1, -0.05) is 35.5 Å². The molecule has 1 unspecified atom stereocenters. The van der Waals surface area contributed by atoms with E-state index in [1.165, 1.54) is 0 Å². The van der Waals surface area contributed by atoms with Crippen molar-refractivity contribution in [3.05, 3.63) is 53.9 Å². The molecule has 3 aromatic rings. The number of rotatable bonds is 6. The molecule has 4 rings (SSSR count). The zero-order chi connectivity index (χ0) is 18.8. The molecule has 8 heteroatoms. The van der Waals surface area contributed by atoms with E-state index in [0.29, 0.717) is 24.0 Å². The lowest BCUT2D eigenvalue weighted by Gasteiger charge is -2.34. The number of carbonyl (C=O) groups is 1. The number of benzene rings is 1. The molecular formula is C19H20N4O4. The molecule has 1 saturated carbocycles. The predicted octanol–water partition coefficient (Wildman–Crippen LogP) is 2.53. The van der Waals surface area contributed by atoms with E-state index in [9.17, 15) is 9.90 Å². The summed E-state index contributed by atoms with van der Waals surface area (Å²) in [5.41, 5.74) is 1.15. The van der Waals surface area contributed by atoms with Crippen molar-refractivity contribution in [2.24, 2.45) is 5.92 Å². The normalized spacial score (nSPS) is 20.1. The van der Waals surface area contributed by atoms with Crippen LogP contribution in [0.2, 0.25) is 0 Å².